The van der Waals surface area contributed by atoms with Crippen molar-refractivity contribution in [2.75, 3.05) is 26.7 Å². The highest BCUT2D eigenvalue weighted by Crippen LogP contribution is 2.22. The van der Waals surface area contributed by atoms with E-state index in [0.717, 1.165) is 13.1 Å². The highest BCUT2D eigenvalue weighted by atomic mass is 35.5. The van der Waals surface area contributed by atoms with Crippen LogP contribution in [0.4, 0.5) is 0 Å². The van der Waals surface area contributed by atoms with Crippen molar-refractivity contribution in [2.45, 2.75) is 19.4 Å². The van der Waals surface area contributed by atoms with E-state index >= 15 is 0 Å². The molecule has 1 amide bonds. The molecule has 1 fully saturated rings. The third kappa shape index (κ3) is 2.49. The lowest BCUT2D eigenvalue weighted by molar-refractivity contribution is 0.0311. The minimum atomic E-state index is -0.0331. The molecule has 2 rings (SSSR count). The van der Waals surface area contributed by atoms with E-state index in [-0.39, 0.29) is 11.4 Å². The number of amides is 1. The molecule has 0 unspecified atom stereocenters. The first-order valence-electron chi connectivity index (χ1n) is 6.02. The smallest absolute Gasteiger partial charge is 0.257 e. The number of pyridine rings is 1. The fourth-order valence-electron chi connectivity index (χ4n) is 2.12. The molecule has 98 valence electrons. The number of piperazine rings is 1. The fourth-order valence-corrected chi connectivity index (χ4v) is 2.30. The number of nitrogens with zero attached hydrogens (tertiary/aromatic N) is 3. The molecule has 0 radical (unpaired) electrons. The normalized spacial score (nSPS) is 19.9. The molecular formula is C13H18ClN3O. The van der Waals surface area contributed by atoms with Crippen LogP contribution in [-0.2, 0) is 0 Å². The molecule has 5 heteroatoms. The van der Waals surface area contributed by atoms with Crippen LogP contribution in [0.2, 0.25) is 5.02 Å². The lowest BCUT2D eigenvalue weighted by Gasteiger charge is -2.45. The molecule has 1 aromatic heterocycles. The Kier molecular flexibility index (Phi) is 3.59. The molecule has 1 aromatic rings. The first-order valence-corrected chi connectivity index (χ1v) is 6.39. The zero-order chi connectivity index (χ0) is 13.3. The molecule has 0 atom stereocenters. The van der Waals surface area contributed by atoms with Crippen molar-refractivity contribution < 1.29 is 4.79 Å². The number of likely N-dealkylation sites (N-methyl/N-ethyl adjacent to an activating group) is 1. The molecule has 0 aliphatic carbocycles. The number of rotatable bonds is 1. The van der Waals surface area contributed by atoms with E-state index in [1.54, 1.807) is 12.3 Å². The van der Waals surface area contributed by atoms with Crippen molar-refractivity contribution in [1.29, 1.82) is 0 Å². The predicted octanol–water partition coefficient (Wildman–Crippen LogP) is 1.90. The van der Waals surface area contributed by atoms with Gasteiger partial charge in [-0.3, -0.25) is 14.7 Å². The number of hydrogen-bond acceptors (Lipinski definition) is 3. The largest absolute Gasteiger partial charge is 0.335 e. The molecular weight excluding hydrogens is 250 g/mol. The van der Waals surface area contributed by atoms with Crippen molar-refractivity contribution >= 4 is 17.5 Å². The summed E-state index contributed by atoms with van der Waals surface area (Å²) in [4.78, 5) is 20.5. The van der Waals surface area contributed by atoms with Crippen molar-refractivity contribution in [3.8, 4) is 0 Å². The SMILES string of the molecule is CN1CCN(C(=O)c2cnccc2Cl)CC1(C)C. The molecule has 0 N–H and O–H groups in total. The zero-order valence-corrected chi connectivity index (χ0v) is 11.7. The van der Waals surface area contributed by atoms with Crippen LogP contribution in [-0.4, -0.2) is 52.9 Å². The first kappa shape index (κ1) is 13.3. The van der Waals surface area contributed by atoms with E-state index in [2.05, 4.69) is 30.8 Å². The summed E-state index contributed by atoms with van der Waals surface area (Å²) in [7, 11) is 2.08. The van der Waals surface area contributed by atoms with Crippen molar-refractivity contribution in [1.82, 2.24) is 14.8 Å². The second kappa shape index (κ2) is 4.86. The van der Waals surface area contributed by atoms with Gasteiger partial charge in [-0.2, -0.15) is 0 Å². The van der Waals surface area contributed by atoms with Gasteiger partial charge >= 0.3 is 0 Å². The van der Waals surface area contributed by atoms with E-state index in [9.17, 15) is 4.79 Å². The van der Waals surface area contributed by atoms with Crippen molar-refractivity contribution in [3.63, 3.8) is 0 Å². The van der Waals surface area contributed by atoms with Gasteiger partial charge in [-0.15, -0.1) is 0 Å². The van der Waals surface area contributed by atoms with E-state index in [4.69, 9.17) is 11.6 Å². The van der Waals surface area contributed by atoms with Crippen molar-refractivity contribution in [2.24, 2.45) is 0 Å². The van der Waals surface area contributed by atoms with E-state index in [1.165, 1.54) is 6.20 Å². The van der Waals surface area contributed by atoms with Crippen LogP contribution in [0.5, 0.6) is 0 Å². The molecule has 0 bridgehead atoms. The van der Waals surface area contributed by atoms with E-state index in [0.29, 0.717) is 17.1 Å². The number of carbonyl (C=O) groups excluding carboxylic acids is 1. The maximum Gasteiger partial charge on any atom is 0.257 e. The van der Waals surface area contributed by atoms with Crippen LogP contribution in [0.15, 0.2) is 18.5 Å². The maximum atomic E-state index is 12.4. The van der Waals surface area contributed by atoms with Gasteiger partial charge in [0.25, 0.3) is 5.91 Å². The maximum absolute atomic E-state index is 12.4. The molecule has 1 aliphatic heterocycles. The number of carbonyl (C=O) groups is 1. The van der Waals surface area contributed by atoms with Gasteiger partial charge < -0.3 is 4.90 Å². The average Bonchev–Trinajstić information content (AvgIpc) is 2.32. The van der Waals surface area contributed by atoms with Gasteiger partial charge in [0.2, 0.25) is 0 Å². The molecule has 1 saturated heterocycles. The molecule has 0 aromatic carbocycles. The van der Waals surface area contributed by atoms with Crippen LogP contribution in [0, 0.1) is 0 Å². The third-order valence-electron chi connectivity index (χ3n) is 3.60. The Labute approximate surface area is 113 Å². The minimum absolute atomic E-state index is 0.0113. The summed E-state index contributed by atoms with van der Waals surface area (Å²) in [6, 6.07) is 1.65. The lowest BCUT2D eigenvalue weighted by Crippen LogP contribution is -2.58. The first-order chi connectivity index (χ1) is 8.42. The van der Waals surface area contributed by atoms with Gasteiger partial charge in [0.1, 0.15) is 0 Å². The molecule has 2 heterocycles. The zero-order valence-electron chi connectivity index (χ0n) is 11.0. The number of aromatic nitrogens is 1. The summed E-state index contributed by atoms with van der Waals surface area (Å²) >= 11 is 6.04. The van der Waals surface area contributed by atoms with Gasteiger partial charge in [0.15, 0.2) is 0 Å². The van der Waals surface area contributed by atoms with Gasteiger partial charge in [0, 0.05) is 37.6 Å². The Hall–Kier alpha value is -1.13. The van der Waals surface area contributed by atoms with Crippen LogP contribution < -0.4 is 0 Å². The molecule has 1 aliphatic rings. The molecule has 4 nitrogen and oxygen atoms in total. The number of hydrogen-bond donors (Lipinski definition) is 0. The Bertz CT molecular complexity index is 461. The summed E-state index contributed by atoms with van der Waals surface area (Å²) in [6.07, 6.45) is 3.13. The van der Waals surface area contributed by atoms with E-state index < -0.39 is 0 Å². The quantitative estimate of drug-likeness (QED) is 0.780. The summed E-state index contributed by atoms with van der Waals surface area (Å²) in [6.45, 7) is 6.57. The van der Waals surface area contributed by atoms with Crippen LogP contribution in [0.1, 0.15) is 24.2 Å². The minimum Gasteiger partial charge on any atom is -0.335 e. The van der Waals surface area contributed by atoms with Gasteiger partial charge in [-0.25, -0.2) is 0 Å². The van der Waals surface area contributed by atoms with E-state index in [1.807, 2.05) is 4.90 Å². The van der Waals surface area contributed by atoms with Gasteiger partial charge in [0.05, 0.1) is 10.6 Å². The Morgan fingerprint density at radius 1 is 1.44 bits per heavy atom. The Morgan fingerprint density at radius 3 is 2.78 bits per heavy atom. The predicted molar refractivity (Wildman–Crippen MR) is 71.9 cm³/mol. The summed E-state index contributed by atoms with van der Waals surface area (Å²) < 4.78 is 0. The summed E-state index contributed by atoms with van der Waals surface area (Å²) in [5.74, 6) is -0.0331. The van der Waals surface area contributed by atoms with Crippen LogP contribution >= 0.6 is 11.6 Å². The average molecular weight is 268 g/mol. The van der Waals surface area contributed by atoms with Gasteiger partial charge in [-0.05, 0) is 27.0 Å². The van der Waals surface area contributed by atoms with Crippen molar-refractivity contribution in [3.05, 3.63) is 29.0 Å². The molecule has 0 spiro atoms. The molecule has 18 heavy (non-hydrogen) atoms. The van der Waals surface area contributed by atoms with Crippen LogP contribution in [0.25, 0.3) is 0 Å². The van der Waals surface area contributed by atoms with Crippen LogP contribution in [0.3, 0.4) is 0 Å². The highest BCUT2D eigenvalue weighted by molar-refractivity contribution is 6.33. The fraction of sp³-hybridized carbons (Fsp3) is 0.538. The second-order valence-corrected chi connectivity index (χ2v) is 5.72. The highest BCUT2D eigenvalue weighted by Gasteiger charge is 2.33. The third-order valence-corrected chi connectivity index (χ3v) is 3.93. The second-order valence-electron chi connectivity index (χ2n) is 5.32. The topological polar surface area (TPSA) is 36.4 Å². The Morgan fingerprint density at radius 2 is 2.17 bits per heavy atom. The summed E-state index contributed by atoms with van der Waals surface area (Å²) in [5, 5.41) is 0.465. The Balaban J connectivity index is 2.18. The standard InChI is InChI=1S/C13H18ClN3O/c1-13(2)9-17(7-6-16(13)3)12(18)10-8-15-5-4-11(10)14/h4-5,8H,6-7,9H2,1-3H3. The number of halogens is 1. The molecule has 0 saturated carbocycles. The lowest BCUT2D eigenvalue weighted by atomic mass is 9.99. The summed E-state index contributed by atoms with van der Waals surface area (Å²) in [5.41, 5.74) is 0.474. The monoisotopic (exact) mass is 267 g/mol. The van der Waals surface area contributed by atoms with Gasteiger partial charge in [-0.1, -0.05) is 11.6 Å².